The standard InChI is InChI=1S/C10H26N2Si2/c1-10-8-7-9-12(10)14(5,6)11-13(2,3)4/h10-11H,7-9H2,1-6H3. The van der Waals surface area contributed by atoms with Gasteiger partial charge in [-0.3, -0.25) is 0 Å². The molecule has 1 atom stereocenters. The number of hydrogen-bond acceptors (Lipinski definition) is 2. The Morgan fingerprint density at radius 1 is 1.14 bits per heavy atom. The number of rotatable bonds is 3. The Morgan fingerprint density at radius 2 is 1.71 bits per heavy atom. The summed E-state index contributed by atoms with van der Waals surface area (Å²) in [5.41, 5.74) is 0. The molecular weight excluding hydrogens is 204 g/mol. The summed E-state index contributed by atoms with van der Waals surface area (Å²) in [6.07, 6.45) is 2.79. The molecule has 0 amide bonds. The van der Waals surface area contributed by atoms with Gasteiger partial charge in [0.05, 0.1) is 0 Å². The van der Waals surface area contributed by atoms with E-state index in [9.17, 15) is 0 Å². The highest BCUT2D eigenvalue weighted by Gasteiger charge is 2.38. The van der Waals surface area contributed by atoms with Crippen LogP contribution in [0.5, 0.6) is 0 Å². The highest BCUT2D eigenvalue weighted by Crippen LogP contribution is 2.23. The van der Waals surface area contributed by atoms with Gasteiger partial charge in [0.15, 0.2) is 8.40 Å². The fraction of sp³-hybridized carbons (Fsp3) is 1.00. The molecule has 1 aliphatic heterocycles. The van der Waals surface area contributed by atoms with Crippen LogP contribution in [0.1, 0.15) is 19.8 Å². The first-order chi connectivity index (χ1) is 6.22. The van der Waals surface area contributed by atoms with Crippen LogP contribution in [0.3, 0.4) is 0 Å². The third kappa shape index (κ3) is 3.19. The zero-order valence-corrected chi connectivity index (χ0v) is 12.6. The fourth-order valence-corrected chi connectivity index (χ4v) is 12.6. The molecule has 0 saturated carbocycles. The van der Waals surface area contributed by atoms with Gasteiger partial charge in [-0.25, -0.2) is 0 Å². The van der Waals surface area contributed by atoms with E-state index < -0.39 is 16.6 Å². The number of hydrogen-bond donors (Lipinski definition) is 1. The second-order valence-corrected chi connectivity index (χ2v) is 15.3. The molecule has 84 valence electrons. The molecule has 0 aromatic rings. The maximum absolute atomic E-state index is 3.97. The molecular formula is C10H26N2Si2. The summed E-state index contributed by atoms with van der Waals surface area (Å²) in [4.78, 5) is 0. The highest BCUT2D eigenvalue weighted by atomic mass is 28.4. The number of nitrogens with zero attached hydrogens (tertiary/aromatic N) is 1. The van der Waals surface area contributed by atoms with Crippen LogP contribution in [0, 0.1) is 0 Å². The minimum absolute atomic E-state index is 0.806. The summed E-state index contributed by atoms with van der Waals surface area (Å²) in [6, 6.07) is 0.806. The molecule has 0 aromatic heterocycles. The maximum Gasteiger partial charge on any atom is 0.191 e. The van der Waals surface area contributed by atoms with E-state index in [0.717, 1.165) is 6.04 Å². The van der Waals surface area contributed by atoms with Crippen LogP contribution in [0.4, 0.5) is 0 Å². The monoisotopic (exact) mass is 230 g/mol. The van der Waals surface area contributed by atoms with Gasteiger partial charge in [0.2, 0.25) is 0 Å². The SMILES string of the molecule is CC1CCCN1[Si](C)(C)N[Si](C)(C)C. The number of nitrogens with one attached hydrogen (secondary N) is 1. The normalized spacial score (nSPS) is 25.7. The van der Waals surface area contributed by atoms with Gasteiger partial charge in [0.1, 0.15) is 8.24 Å². The Bertz CT molecular complexity index is 199. The molecule has 1 fully saturated rings. The lowest BCUT2D eigenvalue weighted by atomic mass is 10.3. The largest absolute Gasteiger partial charge is 0.348 e. The minimum Gasteiger partial charge on any atom is -0.348 e. The van der Waals surface area contributed by atoms with Crippen molar-refractivity contribution in [2.24, 2.45) is 0 Å². The lowest BCUT2D eigenvalue weighted by molar-refractivity contribution is 0.412. The van der Waals surface area contributed by atoms with Crippen molar-refractivity contribution in [2.45, 2.75) is 58.5 Å². The van der Waals surface area contributed by atoms with Crippen molar-refractivity contribution >= 4 is 16.6 Å². The van der Waals surface area contributed by atoms with E-state index in [4.69, 9.17) is 0 Å². The zero-order chi connectivity index (χ0) is 11.0. The Balaban J connectivity index is 2.64. The Morgan fingerprint density at radius 3 is 2.07 bits per heavy atom. The van der Waals surface area contributed by atoms with Gasteiger partial charge >= 0.3 is 0 Å². The van der Waals surface area contributed by atoms with Crippen LogP contribution in [0.2, 0.25) is 32.7 Å². The van der Waals surface area contributed by atoms with Gasteiger partial charge in [-0.1, -0.05) is 26.6 Å². The van der Waals surface area contributed by atoms with E-state index in [1.807, 2.05) is 0 Å². The molecule has 2 nitrogen and oxygen atoms in total. The predicted octanol–water partition coefficient (Wildman–Crippen LogP) is 2.60. The highest BCUT2D eigenvalue weighted by molar-refractivity contribution is 6.89. The van der Waals surface area contributed by atoms with Crippen molar-refractivity contribution in [2.75, 3.05) is 6.54 Å². The Labute approximate surface area is 91.3 Å². The van der Waals surface area contributed by atoms with E-state index in [2.05, 4.69) is 48.9 Å². The molecule has 0 aromatic carbocycles. The van der Waals surface area contributed by atoms with Gasteiger partial charge in [0, 0.05) is 6.04 Å². The lowest BCUT2D eigenvalue weighted by Crippen LogP contribution is -2.67. The predicted molar refractivity (Wildman–Crippen MR) is 69.4 cm³/mol. The van der Waals surface area contributed by atoms with Gasteiger partial charge in [-0.2, -0.15) is 0 Å². The van der Waals surface area contributed by atoms with Gasteiger partial charge in [-0.15, -0.1) is 0 Å². The van der Waals surface area contributed by atoms with Crippen LogP contribution in [-0.4, -0.2) is 33.8 Å². The Hall–Kier alpha value is 0.354. The third-order valence-corrected chi connectivity index (χ3v) is 10.5. The average molecular weight is 231 g/mol. The second-order valence-electron chi connectivity index (χ2n) is 6.12. The van der Waals surface area contributed by atoms with Crippen LogP contribution < -0.4 is 4.65 Å². The topological polar surface area (TPSA) is 15.3 Å². The van der Waals surface area contributed by atoms with Crippen molar-refractivity contribution in [1.82, 2.24) is 9.21 Å². The van der Waals surface area contributed by atoms with Crippen LogP contribution in [-0.2, 0) is 0 Å². The minimum atomic E-state index is -1.32. The molecule has 1 heterocycles. The quantitative estimate of drug-likeness (QED) is 0.750. The molecule has 0 radical (unpaired) electrons. The van der Waals surface area contributed by atoms with Crippen LogP contribution in [0.25, 0.3) is 0 Å². The van der Waals surface area contributed by atoms with Crippen molar-refractivity contribution in [3.8, 4) is 0 Å². The maximum atomic E-state index is 3.97. The van der Waals surface area contributed by atoms with Crippen molar-refractivity contribution in [1.29, 1.82) is 0 Å². The first kappa shape index (κ1) is 12.4. The van der Waals surface area contributed by atoms with Gasteiger partial charge in [-0.05, 0) is 32.5 Å². The summed E-state index contributed by atoms with van der Waals surface area (Å²) in [7, 11) is -2.44. The van der Waals surface area contributed by atoms with Crippen LogP contribution in [0.15, 0.2) is 0 Å². The van der Waals surface area contributed by atoms with Crippen molar-refractivity contribution in [3.05, 3.63) is 0 Å². The summed E-state index contributed by atoms with van der Waals surface area (Å²) < 4.78 is 6.73. The molecule has 0 aliphatic carbocycles. The molecule has 1 unspecified atom stereocenters. The molecule has 1 rings (SSSR count). The summed E-state index contributed by atoms with van der Waals surface area (Å²) in [5.74, 6) is 0. The average Bonchev–Trinajstić information content (AvgIpc) is 2.29. The van der Waals surface area contributed by atoms with Crippen molar-refractivity contribution < 1.29 is 0 Å². The van der Waals surface area contributed by atoms with E-state index in [1.54, 1.807) is 0 Å². The van der Waals surface area contributed by atoms with E-state index in [-0.39, 0.29) is 0 Å². The second kappa shape index (κ2) is 4.08. The molecule has 1 saturated heterocycles. The Kier molecular flexibility index (Phi) is 3.62. The molecule has 0 spiro atoms. The zero-order valence-electron chi connectivity index (χ0n) is 10.6. The molecule has 0 bridgehead atoms. The summed E-state index contributed by atoms with van der Waals surface area (Å²) in [6.45, 7) is 15.8. The molecule has 1 N–H and O–H groups in total. The smallest absolute Gasteiger partial charge is 0.191 e. The summed E-state index contributed by atoms with van der Waals surface area (Å²) in [5, 5.41) is 0. The van der Waals surface area contributed by atoms with Crippen LogP contribution >= 0.6 is 0 Å². The first-order valence-electron chi connectivity index (χ1n) is 5.78. The summed E-state index contributed by atoms with van der Waals surface area (Å²) >= 11 is 0. The van der Waals surface area contributed by atoms with E-state index >= 15 is 0 Å². The molecule has 1 aliphatic rings. The molecule has 4 heteroatoms. The fourth-order valence-electron chi connectivity index (χ4n) is 2.75. The van der Waals surface area contributed by atoms with Gasteiger partial charge < -0.3 is 9.21 Å². The first-order valence-corrected chi connectivity index (χ1v) is 12.2. The van der Waals surface area contributed by atoms with Gasteiger partial charge in [0.25, 0.3) is 0 Å². The van der Waals surface area contributed by atoms with E-state index in [1.165, 1.54) is 19.4 Å². The van der Waals surface area contributed by atoms with Crippen molar-refractivity contribution in [3.63, 3.8) is 0 Å². The third-order valence-electron chi connectivity index (χ3n) is 2.95. The lowest BCUT2D eigenvalue weighted by Gasteiger charge is -2.41. The molecule has 14 heavy (non-hydrogen) atoms. The van der Waals surface area contributed by atoms with E-state index in [0.29, 0.717) is 0 Å².